The number of anilines is 1. The molecule has 1 unspecified atom stereocenters. The van der Waals surface area contributed by atoms with Gasteiger partial charge in [-0.25, -0.2) is 14.6 Å². The molecule has 63 heavy (non-hydrogen) atoms. The fourth-order valence-corrected chi connectivity index (χ4v) is 7.78. The van der Waals surface area contributed by atoms with Crippen LogP contribution in [-0.2, 0) is 54.5 Å². The van der Waals surface area contributed by atoms with Crippen LogP contribution in [-0.4, -0.2) is 105 Å². The van der Waals surface area contributed by atoms with Crippen LogP contribution in [0.1, 0.15) is 94.0 Å². The number of hydrogen-bond donors (Lipinski definition) is 2. The first kappa shape index (κ1) is 48.8. The maximum absolute atomic E-state index is 14.0. The smallest absolute Gasteiger partial charge is 0.418 e. The van der Waals surface area contributed by atoms with E-state index in [1.807, 2.05) is 32.9 Å². The molecule has 2 aliphatic heterocycles. The highest BCUT2D eigenvalue weighted by atomic mass is 32.3. The second kappa shape index (κ2) is 18.5. The highest BCUT2D eigenvalue weighted by Gasteiger charge is 2.57. The number of oxime groups is 1. The normalized spacial score (nSPS) is 17.6. The lowest BCUT2D eigenvalue weighted by Gasteiger charge is -2.50. The van der Waals surface area contributed by atoms with E-state index >= 15 is 0 Å². The van der Waals surface area contributed by atoms with Crippen molar-refractivity contribution >= 4 is 79.8 Å². The highest BCUT2D eigenvalue weighted by molar-refractivity contribution is 7.80. The lowest BCUT2D eigenvalue weighted by molar-refractivity contribution is -0.228. The second-order valence-electron chi connectivity index (χ2n) is 18.9. The van der Waals surface area contributed by atoms with Crippen molar-refractivity contribution in [3.05, 3.63) is 47.1 Å². The fourth-order valence-electron chi connectivity index (χ4n) is 6.64. The van der Waals surface area contributed by atoms with Crippen molar-refractivity contribution < 1.29 is 65.0 Å². The Hall–Kier alpha value is -5.19. The minimum Gasteiger partial charge on any atom is -0.489 e. The van der Waals surface area contributed by atoms with Gasteiger partial charge in [-0.1, -0.05) is 23.9 Å². The van der Waals surface area contributed by atoms with Crippen LogP contribution in [0.25, 0.3) is 10.9 Å². The topological polar surface area (TPSA) is 249 Å². The maximum atomic E-state index is 14.0. The van der Waals surface area contributed by atoms with E-state index in [1.54, 1.807) is 59.7 Å². The molecule has 0 bridgehead atoms. The van der Waals surface area contributed by atoms with Gasteiger partial charge in [0.1, 0.15) is 34.9 Å². The molecule has 0 spiro atoms. The first-order valence-corrected chi connectivity index (χ1v) is 22.4. The summed E-state index contributed by atoms with van der Waals surface area (Å²) < 4.78 is 58.7. The first-order valence-electron chi connectivity index (χ1n) is 20.2. The number of rotatable bonds is 16. The van der Waals surface area contributed by atoms with Crippen LogP contribution < -0.4 is 10.1 Å². The Morgan fingerprint density at radius 1 is 0.968 bits per heavy atom. The summed E-state index contributed by atoms with van der Waals surface area (Å²) >= 11 is 0.923. The van der Waals surface area contributed by atoms with Gasteiger partial charge in [-0.3, -0.25) is 29.2 Å². The molecule has 2 aromatic heterocycles. The average Bonchev–Trinajstić information content (AvgIpc) is 3.56. The van der Waals surface area contributed by atoms with E-state index in [9.17, 15) is 32.4 Å². The number of aromatic nitrogens is 2. The Balaban J connectivity index is 1.34. The van der Waals surface area contributed by atoms with Gasteiger partial charge in [0, 0.05) is 22.9 Å². The second-order valence-corrected chi connectivity index (χ2v) is 20.8. The summed E-state index contributed by atoms with van der Waals surface area (Å²) in [6.45, 7) is 17.8. The molecule has 0 radical (unpaired) electrons. The summed E-state index contributed by atoms with van der Waals surface area (Å²) in [5.41, 5.74) is -2.66. The van der Waals surface area contributed by atoms with Crippen LogP contribution in [0.5, 0.6) is 5.75 Å². The van der Waals surface area contributed by atoms with Crippen molar-refractivity contribution in [1.29, 1.82) is 0 Å². The van der Waals surface area contributed by atoms with Crippen molar-refractivity contribution in [2.24, 2.45) is 17.0 Å². The maximum Gasteiger partial charge on any atom is 0.418 e. The van der Waals surface area contributed by atoms with Gasteiger partial charge in [0.25, 0.3) is 24.6 Å². The molecular weight excluding hydrogens is 861 g/mol. The Bertz CT molecular complexity index is 2380. The van der Waals surface area contributed by atoms with E-state index in [1.165, 1.54) is 19.2 Å². The monoisotopic (exact) mass is 915 g/mol. The highest BCUT2D eigenvalue weighted by Crippen LogP contribution is 2.41. The molecule has 2 fully saturated rings. The van der Waals surface area contributed by atoms with E-state index in [4.69, 9.17) is 33.3 Å². The lowest BCUT2D eigenvalue weighted by Crippen LogP contribution is -2.68. The number of benzene rings is 1. The molecule has 2 amide bonds. The molecule has 0 saturated carbocycles. The molecule has 2 saturated heterocycles. The standard InChI is InChI=1S/C41H54BN5O14S2/c1-38(2,3)57-34(50)31(21-56-26-14-15-28-24(17-26)12-13-25(43-28)16-23-19-42(20-23)35(51)58-39(4,5)6)60-46-32(29-22-62-36(44-29)45-37(52)59-40(7,8)9)30(48)18-27-33(49)47(41(27,10)11)61-63(53,54)55/h12-15,17,22-23,27,31H,16,18-21H2,1-11H3,(H,44,45,52)(H,53,54,55)/b46-32-/t27?,31-/m0/s1. The number of nitrogens with one attached hydrogen (secondary N) is 1. The summed E-state index contributed by atoms with van der Waals surface area (Å²) in [6.07, 6.45) is -0.728. The van der Waals surface area contributed by atoms with Gasteiger partial charge < -0.3 is 23.8 Å². The minimum atomic E-state index is -5.05. The predicted octanol–water partition coefficient (Wildman–Crippen LogP) is 6.66. The number of carbonyl (C=O) groups excluding carboxylic acids is 5. The van der Waals surface area contributed by atoms with E-state index in [0.29, 0.717) is 28.7 Å². The molecule has 2 N–H and O–H groups in total. The number of Topliss-reactive ketones (excluding diaryl/α,β-unsaturated/α-hetero) is 1. The summed E-state index contributed by atoms with van der Waals surface area (Å²) in [7, 11) is -5.05. The lowest BCUT2D eigenvalue weighted by atomic mass is 9.31. The van der Waals surface area contributed by atoms with Crippen molar-refractivity contribution in [2.45, 2.75) is 130 Å². The molecule has 2 aliphatic rings. The zero-order valence-electron chi connectivity index (χ0n) is 37.2. The van der Waals surface area contributed by atoms with E-state index in [0.717, 1.165) is 35.1 Å². The number of nitrogens with zero attached hydrogens (tertiary/aromatic N) is 4. The van der Waals surface area contributed by atoms with Crippen LogP contribution in [0.4, 0.5) is 14.7 Å². The van der Waals surface area contributed by atoms with Crippen LogP contribution in [0.2, 0.25) is 12.6 Å². The Kier molecular flexibility index (Phi) is 14.3. The van der Waals surface area contributed by atoms with Crippen LogP contribution in [0, 0.1) is 11.8 Å². The third-order valence-electron chi connectivity index (χ3n) is 9.59. The van der Waals surface area contributed by atoms with Gasteiger partial charge in [-0.05, 0) is 113 Å². The number of pyridine rings is 1. The Labute approximate surface area is 370 Å². The number of fused-ring (bicyclic) bond motifs is 1. The van der Waals surface area contributed by atoms with Crippen LogP contribution >= 0.6 is 11.3 Å². The Morgan fingerprint density at radius 2 is 1.62 bits per heavy atom. The van der Waals surface area contributed by atoms with Crippen LogP contribution in [0.15, 0.2) is 40.9 Å². The summed E-state index contributed by atoms with van der Waals surface area (Å²) in [6, 6.07) is 9.00. The zero-order valence-corrected chi connectivity index (χ0v) is 38.8. The molecule has 342 valence electrons. The number of esters is 1. The number of amides is 2. The third-order valence-corrected chi connectivity index (χ3v) is 10.7. The van der Waals surface area contributed by atoms with Crippen molar-refractivity contribution in [2.75, 3.05) is 11.9 Å². The number of hydroxylamine groups is 2. The number of thiazole rings is 1. The molecule has 22 heteroatoms. The molecule has 19 nitrogen and oxygen atoms in total. The van der Waals surface area contributed by atoms with Crippen molar-refractivity contribution in [3.63, 3.8) is 0 Å². The van der Waals surface area contributed by atoms with Crippen molar-refractivity contribution in [1.82, 2.24) is 15.0 Å². The summed E-state index contributed by atoms with van der Waals surface area (Å²) in [5.74, 6) is -3.25. The largest absolute Gasteiger partial charge is 0.489 e. The number of ketones is 1. The van der Waals surface area contributed by atoms with Gasteiger partial charge in [-0.15, -0.1) is 15.6 Å². The van der Waals surface area contributed by atoms with Crippen molar-refractivity contribution in [3.8, 4) is 5.75 Å². The summed E-state index contributed by atoms with van der Waals surface area (Å²) in [5, 5.41) is 9.13. The molecule has 3 aromatic rings. The quantitative estimate of drug-likeness (QED) is 0.0290. The van der Waals surface area contributed by atoms with Gasteiger partial charge in [0.05, 0.1) is 17.0 Å². The van der Waals surface area contributed by atoms with Crippen LogP contribution in [0.3, 0.4) is 0 Å². The fraction of sp³-hybridized carbons (Fsp3) is 0.561. The number of β-lactam (4-membered cyclic amide) rings is 1. The molecule has 5 rings (SSSR count). The molecule has 1 aromatic carbocycles. The van der Waals surface area contributed by atoms with Gasteiger partial charge >= 0.3 is 22.5 Å². The van der Waals surface area contributed by atoms with Gasteiger partial charge in [0.2, 0.25) is 0 Å². The molecule has 4 heterocycles. The molecular formula is C41H54BN5O14S2. The third kappa shape index (κ3) is 13.7. The first-order chi connectivity index (χ1) is 29.0. The van der Waals surface area contributed by atoms with E-state index in [2.05, 4.69) is 19.7 Å². The number of hydrogen-bond acceptors (Lipinski definition) is 17. The zero-order chi connectivity index (χ0) is 46.9. The van der Waals surface area contributed by atoms with E-state index in [-0.39, 0.29) is 23.4 Å². The average molecular weight is 916 g/mol. The Morgan fingerprint density at radius 3 is 2.22 bits per heavy atom. The number of carbonyl (C=O) groups is 5. The minimum absolute atomic E-state index is 0.0207. The number of ether oxygens (including phenoxy) is 4. The van der Waals surface area contributed by atoms with Gasteiger partial charge in [-0.2, -0.15) is 13.5 Å². The summed E-state index contributed by atoms with van der Waals surface area (Å²) in [4.78, 5) is 80.2. The predicted molar refractivity (Wildman–Crippen MR) is 232 cm³/mol. The SMILES string of the molecule is CC(C)(C)OC(=O)Nc1nc(/C(=N/O[C@@H](COc2ccc3nc(CC4CB(C(=O)OC(C)(C)C)C4)ccc3c2)C(=O)OC(C)(C)C)C(=O)CC2C(=O)N(OS(=O)(=O)O)C2(C)C)cs1. The van der Waals surface area contributed by atoms with Gasteiger partial charge in [0.15, 0.2) is 16.6 Å². The molecule has 0 aliphatic carbocycles. The molecule has 2 atom stereocenters. The van der Waals surface area contributed by atoms with E-state index < -0.39 is 87.3 Å².